The lowest BCUT2D eigenvalue weighted by molar-refractivity contribution is -0.151. The zero-order valence-corrected chi connectivity index (χ0v) is 23.0. The van der Waals surface area contributed by atoms with E-state index in [0.29, 0.717) is 43.0 Å². The number of anilines is 2. The summed E-state index contributed by atoms with van der Waals surface area (Å²) in [5.74, 6) is -0.458. The summed E-state index contributed by atoms with van der Waals surface area (Å²) in [6, 6.07) is 6.35. The van der Waals surface area contributed by atoms with Crippen molar-refractivity contribution in [3.05, 3.63) is 52.9 Å². The van der Waals surface area contributed by atoms with Gasteiger partial charge in [0.05, 0.1) is 17.4 Å². The van der Waals surface area contributed by atoms with Gasteiger partial charge in [-0.15, -0.1) is 11.3 Å². The average molecular weight is 563 g/mol. The maximum Gasteiger partial charge on any atom is 0.433 e. The second-order valence-electron chi connectivity index (χ2n) is 10.2. The van der Waals surface area contributed by atoms with Crippen LogP contribution in [0.3, 0.4) is 0 Å². The Morgan fingerprint density at radius 1 is 1.18 bits per heavy atom. The van der Waals surface area contributed by atoms with Gasteiger partial charge < -0.3 is 15.2 Å². The number of carbonyl (C=O) groups is 1. The van der Waals surface area contributed by atoms with Crippen LogP contribution in [-0.2, 0) is 21.3 Å². The standard InChI is InChI=1S/C28H33F3N4O3S/c1-4-5-12-38-24(36)18-6-8-20(9-7-18)27(3,37)25-33-16-22(39-25)19-13-17(2)14-21(15-19)34-26-32-11-10-23(35-26)28(29,30)31/h10-11,13-16,18,20,37H,4-9,12H2,1-3H3,(H,32,34,35). The Balaban J connectivity index is 1.45. The number of esters is 1. The number of nitrogens with zero attached hydrogens (tertiary/aromatic N) is 3. The molecular weight excluding hydrogens is 529 g/mol. The highest BCUT2D eigenvalue weighted by atomic mass is 32.1. The van der Waals surface area contributed by atoms with Crippen molar-refractivity contribution in [2.75, 3.05) is 11.9 Å². The fraction of sp³-hybridized carbons (Fsp3) is 0.500. The van der Waals surface area contributed by atoms with E-state index in [4.69, 9.17) is 4.74 Å². The van der Waals surface area contributed by atoms with Crippen molar-refractivity contribution in [3.8, 4) is 10.4 Å². The molecular formula is C28H33F3N4O3S. The molecule has 0 amide bonds. The molecule has 1 atom stereocenters. The highest BCUT2D eigenvalue weighted by molar-refractivity contribution is 7.15. The monoisotopic (exact) mass is 562 g/mol. The maximum absolute atomic E-state index is 13.0. The molecule has 1 aliphatic rings. The Morgan fingerprint density at radius 3 is 2.62 bits per heavy atom. The Bertz CT molecular complexity index is 1290. The average Bonchev–Trinajstić information content (AvgIpc) is 3.40. The van der Waals surface area contributed by atoms with Crippen molar-refractivity contribution in [1.29, 1.82) is 0 Å². The van der Waals surface area contributed by atoms with Crippen LogP contribution in [0.15, 0.2) is 36.7 Å². The molecule has 3 aromatic rings. The highest BCUT2D eigenvalue weighted by Gasteiger charge is 2.40. The van der Waals surface area contributed by atoms with Crippen molar-refractivity contribution in [3.63, 3.8) is 0 Å². The third kappa shape index (κ3) is 7.13. The molecule has 1 saturated carbocycles. The number of hydrogen-bond acceptors (Lipinski definition) is 8. The number of halogens is 3. The van der Waals surface area contributed by atoms with Gasteiger partial charge in [0.2, 0.25) is 5.95 Å². The predicted octanol–water partition coefficient (Wildman–Crippen LogP) is 7.03. The van der Waals surface area contributed by atoms with Gasteiger partial charge in [0.25, 0.3) is 0 Å². The Morgan fingerprint density at radius 2 is 1.92 bits per heavy atom. The zero-order chi connectivity index (χ0) is 28.2. The topological polar surface area (TPSA) is 97.2 Å². The quantitative estimate of drug-likeness (QED) is 0.213. The molecule has 1 aromatic carbocycles. The molecule has 1 fully saturated rings. The van der Waals surface area contributed by atoms with Gasteiger partial charge in [-0.3, -0.25) is 4.79 Å². The second-order valence-corrected chi connectivity index (χ2v) is 11.3. The molecule has 4 rings (SSSR count). The number of benzene rings is 1. The van der Waals surface area contributed by atoms with E-state index in [1.807, 2.05) is 13.0 Å². The number of aryl methyl sites for hydroxylation is 1. The number of thiazole rings is 1. The van der Waals surface area contributed by atoms with E-state index in [0.717, 1.165) is 41.1 Å². The molecule has 11 heteroatoms. The number of alkyl halides is 3. The summed E-state index contributed by atoms with van der Waals surface area (Å²) >= 11 is 1.38. The van der Waals surface area contributed by atoms with Crippen molar-refractivity contribution >= 4 is 28.9 Å². The lowest BCUT2D eigenvalue weighted by Gasteiger charge is -2.36. The molecule has 2 heterocycles. The first kappa shape index (κ1) is 28.9. The van der Waals surface area contributed by atoms with Crippen LogP contribution in [0.1, 0.15) is 68.6 Å². The number of hydrogen-bond donors (Lipinski definition) is 2. The van der Waals surface area contributed by atoms with Gasteiger partial charge in [-0.25, -0.2) is 15.0 Å². The molecule has 0 aliphatic heterocycles. The van der Waals surface area contributed by atoms with E-state index < -0.39 is 17.5 Å². The summed E-state index contributed by atoms with van der Waals surface area (Å²) in [5.41, 5.74) is 0.0479. The third-order valence-electron chi connectivity index (χ3n) is 7.10. The SMILES string of the molecule is CCCCOC(=O)C1CCC(C(C)(O)c2ncc(-c3cc(C)cc(Nc4nccc(C(F)(F)F)n4)c3)s2)CC1. The largest absolute Gasteiger partial charge is 0.465 e. The first-order valence-electron chi connectivity index (χ1n) is 13.1. The minimum Gasteiger partial charge on any atom is -0.465 e. The lowest BCUT2D eigenvalue weighted by atomic mass is 9.74. The Kier molecular flexibility index (Phi) is 8.90. The number of carbonyl (C=O) groups excluding carboxylic acids is 1. The van der Waals surface area contributed by atoms with Gasteiger partial charge in [0, 0.05) is 18.1 Å². The van der Waals surface area contributed by atoms with Gasteiger partial charge in [-0.05, 0) is 81.2 Å². The molecule has 210 valence electrons. The molecule has 0 radical (unpaired) electrons. The van der Waals surface area contributed by atoms with Crippen molar-refractivity contribution < 1.29 is 27.8 Å². The van der Waals surface area contributed by atoms with Gasteiger partial charge in [-0.1, -0.05) is 19.4 Å². The van der Waals surface area contributed by atoms with E-state index in [1.165, 1.54) is 11.3 Å². The fourth-order valence-electron chi connectivity index (χ4n) is 4.85. The molecule has 2 aromatic heterocycles. The Labute approximate surface area is 229 Å². The Hall–Kier alpha value is -3.05. The van der Waals surface area contributed by atoms with E-state index in [9.17, 15) is 23.1 Å². The van der Waals surface area contributed by atoms with Gasteiger partial charge in [0.1, 0.15) is 16.3 Å². The summed E-state index contributed by atoms with van der Waals surface area (Å²) in [4.78, 5) is 25.2. The van der Waals surface area contributed by atoms with Crippen LogP contribution < -0.4 is 5.32 Å². The van der Waals surface area contributed by atoms with Gasteiger partial charge in [-0.2, -0.15) is 13.2 Å². The molecule has 2 N–H and O–H groups in total. The minimum absolute atomic E-state index is 0.0380. The summed E-state index contributed by atoms with van der Waals surface area (Å²) in [5, 5.41) is 14.9. The molecule has 7 nitrogen and oxygen atoms in total. The predicted molar refractivity (Wildman–Crippen MR) is 143 cm³/mol. The number of aromatic nitrogens is 3. The van der Waals surface area contributed by atoms with E-state index >= 15 is 0 Å². The van der Waals surface area contributed by atoms with Crippen LogP contribution in [0, 0.1) is 18.8 Å². The normalized spacial score (nSPS) is 19.4. The first-order chi connectivity index (χ1) is 18.5. The fourth-order valence-corrected chi connectivity index (χ4v) is 5.87. The molecule has 0 saturated heterocycles. The molecule has 0 spiro atoms. The number of nitrogens with one attached hydrogen (secondary N) is 1. The summed E-state index contributed by atoms with van der Waals surface area (Å²) < 4.78 is 44.5. The number of unbranched alkanes of at least 4 members (excludes halogenated alkanes) is 1. The van der Waals surface area contributed by atoms with Gasteiger partial charge in [0.15, 0.2) is 0 Å². The highest BCUT2D eigenvalue weighted by Crippen LogP contribution is 2.44. The number of rotatable bonds is 9. The molecule has 1 unspecified atom stereocenters. The van der Waals surface area contributed by atoms with Crippen LogP contribution in [0.4, 0.5) is 24.8 Å². The van der Waals surface area contributed by atoms with Crippen molar-refractivity contribution in [2.24, 2.45) is 11.8 Å². The molecule has 0 bridgehead atoms. The van der Waals surface area contributed by atoms with Crippen LogP contribution in [-0.4, -0.2) is 32.6 Å². The summed E-state index contributed by atoms with van der Waals surface area (Å²) in [6.45, 7) is 6.16. The van der Waals surface area contributed by atoms with Crippen LogP contribution in [0.5, 0.6) is 0 Å². The number of aliphatic hydroxyl groups is 1. The number of ether oxygens (including phenoxy) is 1. The summed E-state index contributed by atoms with van der Waals surface area (Å²) in [7, 11) is 0. The van der Waals surface area contributed by atoms with Crippen molar-refractivity contribution in [2.45, 2.75) is 71.1 Å². The van der Waals surface area contributed by atoms with Gasteiger partial charge >= 0.3 is 12.1 Å². The smallest absolute Gasteiger partial charge is 0.433 e. The minimum atomic E-state index is -4.57. The van der Waals surface area contributed by atoms with E-state index in [2.05, 4.69) is 27.2 Å². The van der Waals surface area contributed by atoms with Crippen LogP contribution >= 0.6 is 11.3 Å². The zero-order valence-electron chi connectivity index (χ0n) is 22.2. The third-order valence-corrected chi connectivity index (χ3v) is 8.37. The molecule has 39 heavy (non-hydrogen) atoms. The van der Waals surface area contributed by atoms with Crippen LogP contribution in [0.25, 0.3) is 10.4 Å². The maximum atomic E-state index is 13.0. The second kappa shape index (κ2) is 12.0. The van der Waals surface area contributed by atoms with E-state index in [1.54, 1.807) is 25.3 Å². The van der Waals surface area contributed by atoms with E-state index in [-0.39, 0.29) is 23.8 Å². The van der Waals surface area contributed by atoms with Crippen LogP contribution in [0.2, 0.25) is 0 Å². The lowest BCUT2D eigenvalue weighted by Crippen LogP contribution is -2.36. The summed E-state index contributed by atoms with van der Waals surface area (Å²) in [6.07, 6.45) is 2.78. The van der Waals surface area contributed by atoms with Crippen molar-refractivity contribution in [1.82, 2.24) is 15.0 Å². The first-order valence-corrected chi connectivity index (χ1v) is 13.9. The molecule has 1 aliphatic carbocycles.